The Bertz CT molecular complexity index is 1220. The highest BCUT2D eigenvalue weighted by atomic mass is 16.7. The van der Waals surface area contributed by atoms with E-state index in [9.17, 15) is 9.59 Å². The minimum absolute atomic E-state index is 0.00916. The summed E-state index contributed by atoms with van der Waals surface area (Å²) in [4.78, 5) is 26.0. The second kappa shape index (κ2) is 12.3. The molecule has 1 heterocycles. The first-order valence-electron chi connectivity index (χ1n) is 12.7. The molecule has 4 rings (SSSR count). The van der Waals surface area contributed by atoms with E-state index in [0.29, 0.717) is 25.1 Å². The fourth-order valence-electron chi connectivity index (χ4n) is 4.23. The van der Waals surface area contributed by atoms with E-state index in [1.807, 2.05) is 85.5 Å². The Morgan fingerprint density at radius 1 is 0.919 bits per heavy atom. The maximum atomic E-state index is 13.5. The Labute approximate surface area is 217 Å². The van der Waals surface area contributed by atoms with Crippen molar-refractivity contribution in [2.45, 2.75) is 52.1 Å². The maximum absolute atomic E-state index is 13.5. The highest BCUT2D eigenvalue weighted by molar-refractivity contribution is 5.95. The summed E-state index contributed by atoms with van der Waals surface area (Å²) in [5, 5.41) is 8.76. The van der Waals surface area contributed by atoms with Crippen molar-refractivity contribution in [1.82, 2.24) is 4.90 Å². The Balaban J connectivity index is 1.41. The second-order valence-electron chi connectivity index (χ2n) is 9.33. The van der Waals surface area contributed by atoms with E-state index in [2.05, 4.69) is 0 Å². The van der Waals surface area contributed by atoms with Crippen LogP contribution in [0.1, 0.15) is 55.5 Å². The van der Waals surface area contributed by atoms with Crippen molar-refractivity contribution in [3.63, 3.8) is 0 Å². The number of para-hydroxylation sites is 1. The molecule has 0 unspecified atom stereocenters. The largest absolute Gasteiger partial charge is 0.493 e. The molecule has 3 aromatic rings. The molecule has 0 fully saturated rings. The fourth-order valence-corrected chi connectivity index (χ4v) is 4.23. The van der Waals surface area contributed by atoms with Crippen LogP contribution < -0.4 is 14.2 Å². The molecule has 0 bridgehead atoms. The van der Waals surface area contributed by atoms with Gasteiger partial charge in [0.05, 0.1) is 6.61 Å². The van der Waals surface area contributed by atoms with Crippen molar-refractivity contribution < 1.29 is 28.9 Å². The first-order valence-corrected chi connectivity index (χ1v) is 12.7. The van der Waals surface area contributed by atoms with E-state index in [0.717, 1.165) is 46.8 Å². The monoisotopic (exact) mass is 503 g/mol. The Kier molecular flexibility index (Phi) is 8.67. The third-order valence-electron chi connectivity index (χ3n) is 6.33. The fraction of sp³-hybridized carbons (Fsp3) is 0.333. The molecule has 7 heteroatoms. The summed E-state index contributed by atoms with van der Waals surface area (Å²) in [6, 6.07) is 21.2. The number of hydrogen-bond acceptors (Lipinski definition) is 5. The Morgan fingerprint density at radius 3 is 2.41 bits per heavy atom. The molecule has 0 aromatic heterocycles. The lowest BCUT2D eigenvalue weighted by Gasteiger charge is -2.28. The van der Waals surface area contributed by atoms with Crippen molar-refractivity contribution in [3.8, 4) is 28.4 Å². The Hall–Kier alpha value is -4.00. The first-order chi connectivity index (χ1) is 17.9. The van der Waals surface area contributed by atoms with Crippen molar-refractivity contribution >= 4 is 11.9 Å². The van der Waals surface area contributed by atoms with Crippen LogP contribution in [0.3, 0.4) is 0 Å². The molecule has 0 saturated heterocycles. The summed E-state index contributed by atoms with van der Waals surface area (Å²) in [6.07, 6.45) is 2.40. The van der Waals surface area contributed by atoms with Gasteiger partial charge in [0.2, 0.25) is 6.79 Å². The minimum Gasteiger partial charge on any atom is -0.493 e. The summed E-state index contributed by atoms with van der Waals surface area (Å²) >= 11 is 0. The van der Waals surface area contributed by atoms with Gasteiger partial charge in [-0.3, -0.25) is 9.59 Å². The van der Waals surface area contributed by atoms with Crippen LogP contribution in [0, 0.1) is 0 Å². The predicted octanol–water partition coefficient (Wildman–Crippen LogP) is 6.16. The zero-order chi connectivity index (χ0) is 26.2. The lowest BCUT2D eigenvalue weighted by Crippen LogP contribution is -2.36. The van der Waals surface area contributed by atoms with E-state index in [1.54, 1.807) is 0 Å². The van der Waals surface area contributed by atoms with Gasteiger partial charge >= 0.3 is 5.97 Å². The summed E-state index contributed by atoms with van der Waals surface area (Å²) < 4.78 is 16.9. The van der Waals surface area contributed by atoms with E-state index >= 15 is 0 Å². The molecule has 1 N–H and O–H groups in total. The number of ether oxygens (including phenoxy) is 3. The van der Waals surface area contributed by atoms with Crippen molar-refractivity contribution in [2.24, 2.45) is 0 Å². The SMILES string of the molecule is CC(C)N(Cc1ccccc1OCCCCCC(=O)O)C(=O)c1ccc(-c2ccc3c(c2)OCO3)cc1. The number of fused-ring (bicyclic) bond motifs is 1. The number of amides is 1. The zero-order valence-corrected chi connectivity index (χ0v) is 21.3. The van der Waals surface area contributed by atoms with Gasteiger partial charge in [0.15, 0.2) is 11.5 Å². The maximum Gasteiger partial charge on any atom is 0.303 e. The molecule has 1 aliphatic heterocycles. The molecule has 0 atom stereocenters. The molecule has 194 valence electrons. The predicted molar refractivity (Wildman–Crippen MR) is 141 cm³/mol. The number of carbonyl (C=O) groups is 2. The van der Waals surface area contributed by atoms with Crippen LogP contribution in [0.5, 0.6) is 17.2 Å². The average molecular weight is 504 g/mol. The third-order valence-corrected chi connectivity index (χ3v) is 6.33. The topological polar surface area (TPSA) is 85.3 Å². The summed E-state index contributed by atoms with van der Waals surface area (Å²) in [7, 11) is 0. The standard InChI is InChI=1S/C30H33NO6/c1-21(2)31(19-25-8-5-6-9-26(25)35-17-7-3-4-10-29(32)33)30(34)23-13-11-22(12-14-23)24-15-16-27-28(18-24)37-20-36-27/h5-6,8-9,11-16,18,21H,3-4,7,10,17,19-20H2,1-2H3,(H,32,33). The van der Waals surface area contributed by atoms with Crippen LogP contribution in [0.4, 0.5) is 0 Å². The van der Waals surface area contributed by atoms with Crippen LogP contribution in [0.15, 0.2) is 66.7 Å². The van der Waals surface area contributed by atoms with Gasteiger partial charge in [0.1, 0.15) is 5.75 Å². The smallest absolute Gasteiger partial charge is 0.303 e. The normalized spacial score (nSPS) is 12.0. The summed E-state index contributed by atoms with van der Waals surface area (Å²) in [6.45, 7) is 5.18. The number of nitrogens with zero attached hydrogens (tertiary/aromatic N) is 1. The molecule has 3 aromatic carbocycles. The van der Waals surface area contributed by atoms with Gasteiger partial charge in [-0.15, -0.1) is 0 Å². The van der Waals surface area contributed by atoms with Gasteiger partial charge < -0.3 is 24.2 Å². The van der Waals surface area contributed by atoms with E-state index in [-0.39, 0.29) is 25.2 Å². The van der Waals surface area contributed by atoms with E-state index in [1.165, 1.54) is 0 Å². The molecular formula is C30H33NO6. The number of benzene rings is 3. The molecule has 0 radical (unpaired) electrons. The van der Waals surface area contributed by atoms with Gasteiger partial charge in [-0.05, 0) is 74.6 Å². The van der Waals surface area contributed by atoms with Crippen LogP contribution in [0.25, 0.3) is 11.1 Å². The third kappa shape index (κ3) is 6.82. The number of carboxylic acid groups (broad SMARTS) is 1. The highest BCUT2D eigenvalue weighted by Gasteiger charge is 2.21. The van der Waals surface area contributed by atoms with Gasteiger partial charge in [0.25, 0.3) is 5.91 Å². The molecule has 1 amide bonds. The molecule has 37 heavy (non-hydrogen) atoms. The van der Waals surface area contributed by atoms with E-state index < -0.39 is 5.97 Å². The molecule has 0 spiro atoms. The molecule has 0 saturated carbocycles. The molecule has 7 nitrogen and oxygen atoms in total. The Morgan fingerprint density at radius 2 is 1.65 bits per heavy atom. The van der Waals surface area contributed by atoms with Crippen molar-refractivity contribution in [3.05, 3.63) is 77.9 Å². The average Bonchev–Trinajstić information content (AvgIpc) is 3.37. The van der Waals surface area contributed by atoms with Crippen LogP contribution in [0.2, 0.25) is 0 Å². The van der Waals surface area contributed by atoms with Crippen LogP contribution in [-0.4, -0.2) is 41.3 Å². The molecule has 1 aliphatic rings. The summed E-state index contributed by atoms with van der Waals surface area (Å²) in [5.41, 5.74) is 3.55. The molecular weight excluding hydrogens is 470 g/mol. The number of carbonyl (C=O) groups excluding carboxylic acids is 1. The van der Waals surface area contributed by atoms with Crippen molar-refractivity contribution in [2.75, 3.05) is 13.4 Å². The number of rotatable bonds is 12. The minimum atomic E-state index is -0.771. The van der Waals surface area contributed by atoms with Gasteiger partial charge in [-0.1, -0.05) is 36.4 Å². The first kappa shape index (κ1) is 26.1. The quantitative estimate of drug-likeness (QED) is 0.298. The van der Waals surface area contributed by atoms with Gasteiger partial charge in [-0.2, -0.15) is 0 Å². The van der Waals surface area contributed by atoms with Gasteiger partial charge in [-0.25, -0.2) is 0 Å². The summed E-state index contributed by atoms with van der Waals surface area (Å²) in [5.74, 6) is 1.40. The second-order valence-corrected chi connectivity index (χ2v) is 9.33. The highest BCUT2D eigenvalue weighted by Crippen LogP contribution is 2.36. The zero-order valence-electron chi connectivity index (χ0n) is 21.3. The van der Waals surface area contributed by atoms with Crippen LogP contribution >= 0.6 is 0 Å². The number of aliphatic carboxylic acids is 1. The number of unbranched alkanes of at least 4 members (excludes halogenated alkanes) is 2. The van der Waals surface area contributed by atoms with Gasteiger partial charge in [0, 0.05) is 30.1 Å². The van der Waals surface area contributed by atoms with E-state index in [4.69, 9.17) is 19.3 Å². The lowest BCUT2D eigenvalue weighted by molar-refractivity contribution is -0.137. The molecule has 0 aliphatic carbocycles. The lowest BCUT2D eigenvalue weighted by atomic mass is 10.0. The number of hydrogen-bond donors (Lipinski definition) is 1. The van der Waals surface area contributed by atoms with Crippen LogP contribution in [-0.2, 0) is 11.3 Å². The number of carboxylic acids is 1. The van der Waals surface area contributed by atoms with Crippen molar-refractivity contribution in [1.29, 1.82) is 0 Å².